The van der Waals surface area contributed by atoms with Crippen molar-refractivity contribution in [3.63, 3.8) is 0 Å². The number of carbonyl (C=O) groups is 1. The Hall–Kier alpha value is -2.90. The highest BCUT2D eigenvalue weighted by molar-refractivity contribution is 5.83. The molecular weight excluding hydrogens is 369 g/mol. The molecule has 1 N–H and O–H groups in total. The number of amides is 1. The van der Waals surface area contributed by atoms with Crippen LogP contribution in [0.2, 0.25) is 0 Å². The standard InChI is InChI=1S/C20H21F3N4O/c1-3-13(2)18(14-7-5-4-6-8-14)19(28)24-11-17-26-25-16-10-9-15(12-27(16)17)20(21,22)23/h4-10,12-13,18H,3,11H2,1-2H3,(H,24,28). The summed E-state index contributed by atoms with van der Waals surface area (Å²) in [6.45, 7) is 4.00. The molecule has 148 valence electrons. The minimum Gasteiger partial charge on any atom is -0.348 e. The van der Waals surface area contributed by atoms with Crippen molar-refractivity contribution in [3.8, 4) is 0 Å². The number of pyridine rings is 1. The molecule has 2 heterocycles. The molecule has 0 bridgehead atoms. The van der Waals surface area contributed by atoms with E-state index in [1.807, 2.05) is 44.2 Å². The Morgan fingerprint density at radius 2 is 1.86 bits per heavy atom. The Kier molecular flexibility index (Phi) is 5.67. The van der Waals surface area contributed by atoms with Gasteiger partial charge in [-0.25, -0.2) is 0 Å². The number of nitrogens with one attached hydrogen (secondary N) is 1. The smallest absolute Gasteiger partial charge is 0.348 e. The quantitative estimate of drug-likeness (QED) is 0.686. The summed E-state index contributed by atoms with van der Waals surface area (Å²) in [6.07, 6.45) is -2.70. The molecule has 0 aliphatic rings. The van der Waals surface area contributed by atoms with Crippen molar-refractivity contribution in [2.45, 2.75) is 38.9 Å². The van der Waals surface area contributed by atoms with Gasteiger partial charge in [-0.2, -0.15) is 13.2 Å². The summed E-state index contributed by atoms with van der Waals surface area (Å²) >= 11 is 0. The zero-order valence-corrected chi connectivity index (χ0v) is 15.6. The molecule has 0 aliphatic heterocycles. The number of alkyl halides is 3. The number of hydrogen-bond acceptors (Lipinski definition) is 3. The zero-order chi connectivity index (χ0) is 20.3. The average Bonchev–Trinajstić information content (AvgIpc) is 3.09. The summed E-state index contributed by atoms with van der Waals surface area (Å²) in [4.78, 5) is 12.9. The maximum atomic E-state index is 13.0. The van der Waals surface area contributed by atoms with E-state index in [1.54, 1.807) is 0 Å². The summed E-state index contributed by atoms with van der Waals surface area (Å²) in [6, 6.07) is 11.7. The SMILES string of the molecule is CCC(C)C(C(=O)NCc1nnc2ccc(C(F)(F)F)cn12)c1ccccc1. The minimum absolute atomic E-state index is 0.0128. The van der Waals surface area contributed by atoms with Gasteiger partial charge in [-0.1, -0.05) is 50.6 Å². The van der Waals surface area contributed by atoms with Gasteiger partial charge in [0, 0.05) is 6.20 Å². The molecule has 5 nitrogen and oxygen atoms in total. The summed E-state index contributed by atoms with van der Waals surface area (Å²) in [5, 5.41) is 10.6. The van der Waals surface area contributed by atoms with E-state index in [0.29, 0.717) is 5.65 Å². The van der Waals surface area contributed by atoms with Crippen molar-refractivity contribution in [3.05, 3.63) is 65.6 Å². The largest absolute Gasteiger partial charge is 0.417 e. The van der Waals surface area contributed by atoms with Crippen LogP contribution >= 0.6 is 0 Å². The highest BCUT2D eigenvalue weighted by Gasteiger charge is 2.31. The Balaban J connectivity index is 1.81. The molecule has 3 rings (SSSR count). The van der Waals surface area contributed by atoms with Crippen molar-refractivity contribution >= 4 is 11.6 Å². The van der Waals surface area contributed by atoms with Gasteiger partial charge in [0.25, 0.3) is 0 Å². The first-order valence-corrected chi connectivity index (χ1v) is 9.04. The van der Waals surface area contributed by atoms with Crippen LogP contribution in [0.1, 0.15) is 43.1 Å². The number of hydrogen-bond donors (Lipinski definition) is 1. The second-order valence-electron chi connectivity index (χ2n) is 6.75. The summed E-state index contributed by atoms with van der Waals surface area (Å²) in [7, 11) is 0. The number of fused-ring (bicyclic) bond motifs is 1. The fraction of sp³-hybridized carbons (Fsp3) is 0.350. The van der Waals surface area contributed by atoms with Gasteiger partial charge in [0.05, 0.1) is 18.0 Å². The Morgan fingerprint density at radius 1 is 1.14 bits per heavy atom. The third kappa shape index (κ3) is 4.16. The lowest BCUT2D eigenvalue weighted by atomic mass is 9.85. The molecule has 2 unspecified atom stereocenters. The molecular formula is C20H21F3N4O. The number of aromatic nitrogens is 3. The van der Waals surface area contributed by atoms with Crippen LogP contribution in [0.15, 0.2) is 48.7 Å². The third-order valence-corrected chi connectivity index (χ3v) is 4.88. The molecule has 0 fully saturated rings. The van der Waals surface area contributed by atoms with Crippen LogP contribution in [0.3, 0.4) is 0 Å². The van der Waals surface area contributed by atoms with Crippen LogP contribution in [0, 0.1) is 5.92 Å². The predicted octanol–water partition coefficient (Wildman–Crippen LogP) is 4.19. The number of carbonyl (C=O) groups excluding carboxylic acids is 1. The molecule has 1 aromatic carbocycles. The van der Waals surface area contributed by atoms with E-state index in [9.17, 15) is 18.0 Å². The molecule has 2 atom stereocenters. The Morgan fingerprint density at radius 3 is 2.50 bits per heavy atom. The highest BCUT2D eigenvalue weighted by Crippen LogP contribution is 2.29. The number of benzene rings is 1. The third-order valence-electron chi connectivity index (χ3n) is 4.88. The molecule has 0 saturated carbocycles. The van der Waals surface area contributed by atoms with Crippen LogP contribution in [-0.2, 0) is 17.5 Å². The molecule has 2 aromatic heterocycles. The molecule has 1 amide bonds. The van der Waals surface area contributed by atoms with Gasteiger partial charge in [0.15, 0.2) is 11.5 Å². The van der Waals surface area contributed by atoms with Crippen molar-refractivity contribution in [1.82, 2.24) is 19.9 Å². The fourth-order valence-corrected chi connectivity index (χ4v) is 3.14. The fourth-order valence-electron chi connectivity index (χ4n) is 3.14. The molecule has 28 heavy (non-hydrogen) atoms. The zero-order valence-electron chi connectivity index (χ0n) is 15.6. The van der Waals surface area contributed by atoms with E-state index in [2.05, 4.69) is 15.5 Å². The van der Waals surface area contributed by atoms with Crippen molar-refractivity contribution < 1.29 is 18.0 Å². The molecule has 0 radical (unpaired) electrons. The summed E-state index contributed by atoms with van der Waals surface area (Å²) < 4.78 is 40.1. The normalized spacial score (nSPS) is 14.0. The van der Waals surface area contributed by atoms with Crippen LogP contribution in [0.25, 0.3) is 5.65 Å². The first-order chi connectivity index (χ1) is 13.3. The van der Waals surface area contributed by atoms with Crippen LogP contribution < -0.4 is 5.32 Å². The van der Waals surface area contributed by atoms with Gasteiger partial charge in [-0.05, 0) is 23.6 Å². The Bertz CT molecular complexity index is 953. The number of nitrogens with zero attached hydrogens (tertiary/aromatic N) is 3. The molecule has 3 aromatic rings. The van der Waals surface area contributed by atoms with Crippen LogP contribution in [-0.4, -0.2) is 20.5 Å². The highest BCUT2D eigenvalue weighted by atomic mass is 19.4. The Labute approximate surface area is 160 Å². The first kappa shape index (κ1) is 19.9. The van der Waals surface area contributed by atoms with Crippen molar-refractivity contribution in [1.29, 1.82) is 0 Å². The molecule has 0 saturated heterocycles. The minimum atomic E-state index is -4.46. The summed E-state index contributed by atoms with van der Waals surface area (Å²) in [5.74, 6) is -0.194. The lowest BCUT2D eigenvalue weighted by Gasteiger charge is -2.22. The van der Waals surface area contributed by atoms with Gasteiger partial charge in [0.1, 0.15) is 0 Å². The van der Waals surface area contributed by atoms with Crippen LogP contribution in [0.5, 0.6) is 0 Å². The molecule has 0 spiro atoms. The topological polar surface area (TPSA) is 59.3 Å². The first-order valence-electron chi connectivity index (χ1n) is 9.04. The average molecular weight is 390 g/mol. The second kappa shape index (κ2) is 8.00. The predicted molar refractivity (Wildman–Crippen MR) is 98.5 cm³/mol. The maximum absolute atomic E-state index is 13.0. The van der Waals surface area contributed by atoms with E-state index in [-0.39, 0.29) is 30.1 Å². The van der Waals surface area contributed by atoms with Gasteiger partial charge < -0.3 is 5.32 Å². The summed E-state index contributed by atoms with van der Waals surface area (Å²) in [5.41, 5.74) is 0.396. The molecule has 8 heteroatoms. The van der Waals surface area contributed by atoms with Crippen molar-refractivity contribution in [2.24, 2.45) is 5.92 Å². The second-order valence-corrected chi connectivity index (χ2v) is 6.75. The van der Waals surface area contributed by atoms with Crippen molar-refractivity contribution in [2.75, 3.05) is 0 Å². The van der Waals surface area contributed by atoms with Gasteiger partial charge >= 0.3 is 6.18 Å². The van der Waals surface area contributed by atoms with Crippen LogP contribution in [0.4, 0.5) is 13.2 Å². The lowest BCUT2D eigenvalue weighted by Crippen LogP contribution is -2.32. The van der Waals surface area contributed by atoms with Gasteiger partial charge in [-0.15, -0.1) is 10.2 Å². The van der Waals surface area contributed by atoms with E-state index < -0.39 is 11.7 Å². The molecule has 0 aliphatic carbocycles. The van der Waals surface area contributed by atoms with Gasteiger partial charge in [-0.3, -0.25) is 9.20 Å². The van der Waals surface area contributed by atoms with E-state index in [0.717, 1.165) is 24.2 Å². The number of halogens is 3. The van der Waals surface area contributed by atoms with Gasteiger partial charge in [0.2, 0.25) is 5.91 Å². The number of rotatable bonds is 6. The van der Waals surface area contributed by atoms with E-state index in [1.165, 1.54) is 10.5 Å². The lowest BCUT2D eigenvalue weighted by molar-refractivity contribution is -0.137. The monoisotopic (exact) mass is 390 g/mol. The maximum Gasteiger partial charge on any atom is 0.417 e. The van der Waals surface area contributed by atoms with E-state index in [4.69, 9.17) is 0 Å². The van der Waals surface area contributed by atoms with E-state index >= 15 is 0 Å².